The van der Waals surface area contributed by atoms with Crippen molar-refractivity contribution >= 4 is 5.95 Å². The van der Waals surface area contributed by atoms with Crippen LogP contribution in [0, 0.1) is 0 Å². The summed E-state index contributed by atoms with van der Waals surface area (Å²) in [7, 11) is 0. The maximum absolute atomic E-state index is 5.76. The van der Waals surface area contributed by atoms with Crippen LogP contribution in [0.4, 0.5) is 5.95 Å². The lowest BCUT2D eigenvalue weighted by atomic mass is 9.81. The minimum atomic E-state index is -0.209. The summed E-state index contributed by atoms with van der Waals surface area (Å²) in [6.45, 7) is 4.61. The van der Waals surface area contributed by atoms with Crippen molar-refractivity contribution in [3.05, 3.63) is 5.82 Å². The number of hydrogen-bond acceptors (Lipinski definition) is 5. The Bertz CT molecular complexity index is 293. The molecule has 1 rings (SSSR count). The quantitative estimate of drug-likeness (QED) is 0.570. The molecular weight excluding hydrogens is 180 g/mol. The standard InChI is InChI=1S/C8H18N6/c1-3-8(4-2,5-9)6-12-13-7(10)14(6)11/h3-5,9,11H2,1-2H3,(H2,10,13). The van der Waals surface area contributed by atoms with E-state index in [1.807, 2.05) is 0 Å². The minimum Gasteiger partial charge on any atom is -0.366 e. The topological polar surface area (TPSA) is 109 Å². The fraction of sp³-hybridized carbons (Fsp3) is 0.750. The van der Waals surface area contributed by atoms with E-state index in [4.69, 9.17) is 17.3 Å². The Hall–Kier alpha value is -1.30. The molecule has 0 spiro atoms. The molecule has 14 heavy (non-hydrogen) atoms. The maximum atomic E-state index is 5.76. The first-order valence-corrected chi connectivity index (χ1v) is 4.77. The molecule has 0 saturated carbocycles. The van der Waals surface area contributed by atoms with Gasteiger partial charge in [0.1, 0.15) is 0 Å². The first-order chi connectivity index (χ1) is 6.61. The second kappa shape index (κ2) is 3.83. The van der Waals surface area contributed by atoms with Crippen molar-refractivity contribution in [2.75, 3.05) is 18.1 Å². The van der Waals surface area contributed by atoms with Gasteiger partial charge >= 0.3 is 0 Å². The van der Waals surface area contributed by atoms with Crippen molar-refractivity contribution in [2.45, 2.75) is 32.1 Å². The Labute approximate surface area is 83.4 Å². The second-order valence-electron chi connectivity index (χ2n) is 3.44. The fourth-order valence-corrected chi connectivity index (χ4v) is 1.61. The third kappa shape index (κ3) is 1.41. The minimum absolute atomic E-state index is 0.209. The van der Waals surface area contributed by atoms with Gasteiger partial charge in [0.15, 0.2) is 5.82 Å². The predicted octanol–water partition coefficient (Wildman–Crippen LogP) is -0.409. The highest BCUT2D eigenvalue weighted by molar-refractivity contribution is 5.22. The highest BCUT2D eigenvalue weighted by Gasteiger charge is 2.32. The van der Waals surface area contributed by atoms with Crippen molar-refractivity contribution in [3.63, 3.8) is 0 Å². The number of rotatable bonds is 4. The summed E-state index contributed by atoms with van der Waals surface area (Å²) in [5, 5.41) is 7.72. The molecule has 6 nitrogen and oxygen atoms in total. The average Bonchev–Trinajstić information content (AvgIpc) is 2.54. The van der Waals surface area contributed by atoms with Crippen LogP contribution in [0.25, 0.3) is 0 Å². The van der Waals surface area contributed by atoms with Gasteiger partial charge in [-0.15, -0.1) is 10.2 Å². The molecule has 1 aromatic rings. The van der Waals surface area contributed by atoms with Crippen molar-refractivity contribution in [2.24, 2.45) is 5.73 Å². The van der Waals surface area contributed by atoms with Gasteiger partial charge in [-0.2, -0.15) is 0 Å². The lowest BCUT2D eigenvalue weighted by Crippen LogP contribution is -2.38. The second-order valence-corrected chi connectivity index (χ2v) is 3.44. The van der Waals surface area contributed by atoms with E-state index in [0.29, 0.717) is 12.4 Å². The molecule has 0 radical (unpaired) electrons. The van der Waals surface area contributed by atoms with E-state index in [1.165, 1.54) is 4.68 Å². The third-order valence-corrected chi connectivity index (χ3v) is 2.94. The smallest absolute Gasteiger partial charge is 0.240 e. The van der Waals surface area contributed by atoms with E-state index in [-0.39, 0.29) is 11.4 Å². The average molecular weight is 198 g/mol. The van der Waals surface area contributed by atoms with Crippen molar-refractivity contribution < 1.29 is 0 Å². The van der Waals surface area contributed by atoms with Crippen LogP contribution < -0.4 is 17.3 Å². The van der Waals surface area contributed by atoms with Gasteiger partial charge in [-0.3, -0.25) is 0 Å². The monoisotopic (exact) mass is 198 g/mol. The Morgan fingerprint density at radius 2 is 1.86 bits per heavy atom. The molecular formula is C8H18N6. The molecule has 0 atom stereocenters. The van der Waals surface area contributed by atoms with Gasteiger partial charge in [0, 0.05) is 12.0 Å². The summed E-state index contributed by atoms with van der Waals surface area (Å²) in [6, 6.07) is 0. The molecule has 0 bridgehead atoms. The fourth-order valence-electron chi connectivity index (χ4n) is 1.61. The number of aromatic nitrogens is 3. The van der Waals surface area contributed by atoms with E-state index < -0.39 is 0 Å². The Morgan fingerprint density at radius 1 is 1.29 bits per heavy atom. The molecule has 0 aliphatic rings. The molecule has 0 saturated heterocycles. The first kappa shape index (κ1) is 10.8. The summed E-state index contributed by atoms with van der Waals surface area (Å²) in [6.07, 6.45) is 1.74. The number of nitrogens with zero attached hydrogens (tertiary/aromatic N) is 3. The van der Waals surface area contributed by atoms with Gasteiger partial charge in [0.05, 0.1) is 0 Å². The molecule has 6 heteroatoms. The molecule has 80 valence electrons. The number of nitrogen functional groups attached to an aromatic ring is 2. The van der Waals surface area contributed by atoms with Crippen LogP contribution in [0.2, 0.25) is 0 Å². The molecule has 0 aliphatic carbocycles. The van der Waals surface area contributed by atoms with Crippen LogP contribution in [-0.4, -0.2) is 21.4 Å². The number of hydrogen-bond donors (Lipinski definition) is 3. The maximum Gasteiger partial charge on any atom is 0.240 e. The van der Waals surface area contributed by atoms with Crippen LogP contribution in [0.3, 0.4) is 0 Å². The summed E-state index contributed by atoms with van der Waals surface area (Å²) < 4.78 is 1.32. The molecule has 0 amide bonds. The molecule has 1 heterocycles. The molecule has 0 aromatic carbocycles. The first-order valence-electron chi connectivity index (χ1n) is 4.77. The summed E-state index contributed by atoms with van der Waals surface area (Å²) in [5.74, 6) is 6.62. The van der Waals surface area contributed by atoms with Gasteiger partial charge in [0.2, 0.25) is 5.95 Å². The zero-order chi connectivity index (χ0) is 10.8. The Morgan fingerprint density at radius 3 is 2.14 bits per heavy atom. The van der Waals surface area contributed by atoms with Crippen LogP contribution >= 0.6 is 0 Å². The van der Waals surface area contributed by atoms with Crippen LogP contribution in [0.1, 0.15) is 32.5 Å². The van der Waals surface area contributed by atoms with Gasteiger partial charge in [-0.05, 0) is 12.8 Å². The van der Waals surface area contributed by atoms with Gasteiger partial charge in [0.25, 0.3) is 0 Å². The highest BCUT2D eigenvalue weighted by Crippen LogP contribution is 2.28. The summed E-state index contributed by atoms with van der Waals surface area (Å²) >= 11 is 0. The number of nitrogens with two attached hydrogens (primary N) is 3. The Kier molecular flexibility index (Phi) is 2.95. The van der Waals surface area contributed by atoms with E-state index in [0.717, 1.165) is 12.8 Å². The van der Waals surface area contributed by atoms with Crippen molar-refractivity contribution in [1.82, 2.24) is 14.9 Å². The molecule has 6 N–H and O–H groups in total. The molecule has 0 aliphatic heterocycles. The summed E-state index contributed by atoms with van der Waals surface area (Å²) in [4.78, 5) is 0. The van der Waals surface area contributed by atoms with Crippen LogP contribution in [0.15, 0.2) is 0 Å². The van der Waals surface area contributed by atoms with E-state index in [1.54, 1.807) is 0 Å². The van der Waals surface area contributed by atoms with E-state index in [9.17, 15) is 0 Å². The van der Waals surface area contributed by atoms with Gasteiger partial charge in [-0.1, -0.05) is 13.8 Å². The predicted molar refractivity (Wildman–Crippen MR) is 55.9 cm³/mol. The van der Waals surface area contributed by atoms with Crippen molar-refractivity contribution in [3.8, 4) is 0 Å². The third-order valence-electron chi connectivity index (χ3n) is 2.94. The zero-order valence-electron chi connectivity index (χ0n) is 8.70. The summed E-state index contributed by atoms with van der Waals surface area (Å²) in [5.41, 5.74) is 11.1. The van der Waals surface area contributed by atoms with Crippen LogP contribution in [0.5, 0.6) is 0 Å². The van der Waals surface area contributed by atoms with Crippen LogP contribution in [-0.2, 0) is 5.41 Å². The molecule has 0 fully saturated rings. The van der Waals surface area contributed by atoms with E-state index in [2.05, 4.69) is 24.0 Å². The SMILES string of the molecule is CCC(CC)(CN)c1nnc(N)n1N. The van der Waals surface area contributed by atoms with Crippen molar-refractivity contribution in [1.29, 1.82) is 0 Å². The molecule has 0 unspecified atom stereocenters. The number of anilines is 1. The lowest BCUT2D eigenvalue weighted by Gasteiger charge is -2.28. The highest BCUT2D eigenvalue weighted by atomic mass is 15.4. The lowest BCUT2D eigenvalue weighted by molar-refractivity contribution is 0.374. The Balaban J connectivity index is 3.17. The normalized spacial score (nSPS) is 11.9. The van der Waals surface area contributed by atoms with E-state index >= 15 is 0 Å². The van der Waals surface area contributed by atoms with Gasteiger partial charge in [-0.25, -0.2) is 4.68 Å². The zero-order valence-corrected chi connectivity index (χ0v) is 8.70. The van der Waals surface area contributed by atoms with Gasteiger partial charge < -0.3 is 17.3 Å². The molecule has 1 aromatic heterocycles. The largest absolute Gasteiger partial charge is 0.366 e.